The number of hydrogen-bond acceptors (Lipinski definition) is 14. The van der Waals surface area contributed by atoms with Crippen LogP contribution in [0.3, 0.4) is 0 Å². The summed E-state index contributed by atoms with van der Waals surface area (Å²) in [6.07, 6.45) is 3.31. The van der Waals surface area contributed by atoms with Crippen molar-refractivity contribution in [3.05, 3.63) is 130 Å². The Morgan fingerprint density at radius 2 is 0.792 bits per heavy atom. The zero-order valence-electron chi connectivity index (χ0n) is 23.1. The van der Waals surface area contributed by atoms with Crippen LogP contribution in [0.2, 0.25) is 0 Å². The van der Waals surface area contributed by atoms with Gasteiger partial charge in [-0.2, -0.15) is 0 Å². The van der Waals surface area contributed by atoms with Gasteiger partial charge in [0.1, 0.15) is 11.6 Å². The number of nitrogen functional groups attached to an aromatic ring is 2. The van der Waals surface area contributed by atoms with Gasteiger partial charge in [-0.3, -0.25) is 40.5 Å². The van der Waals surface area contributed by atoms with Crippen molar-refractivity contribution in [1.29, 1.82) is 0 Å². The molecular formula is C24H16Br4N8O12. The molecule has 0 saturated carbocycles. The second kappa shape index (κ2) is 18.8. The van der Waals surface area contributed by atoms with Crippen molar-refractivity contribution in [3.8, 4) is 0 Å². The number of nitrogens with two attached hydrogens (primary N) is 2. The fourth-order valence-corrected chi connectivity index (χ4v) is 4.68. The average molecular weight is 928 g/mol. The summed E-state index contributed by atoms with van der Waals surface area (Å²) in [4.78, 5) is 66.5. The Hall–Kier alpha value is -5.20. The lowest BCUT2D eigenvalue weighted by atomic mass is 10.2. The predicted octanol–water partition coefficient (Wildman–Crippen LogP) is 6.78. The van der Waals surface area contributed by atoms with Gasteiger partial charge in [0, 0.05) is 45.6 Å². The van der Waals surface area contributed by atoms with Gasteiger partial charge in [-0.1, -0.05) is 0 Å². The number of rotatable bonds is 6. The van der Waals surface area contributed by atoms with Gasteiger partial charge in [0.15, 0.2) is 0 Å². The standard InChI is InChI=1S/2C7H4N2O6.2C5H4Br2N2/c2*10-7(11)4-1-5(8(12)13)3-6(2-4)9(14)15;2*6-3-1-4(7)5(8)9-2-3/h2*1-3H,(H,10,11);2*1-2H,(H2,8,9). The zero-order chi connectivity index (χ0) is 36.9. The van der Waals surface area contributed by atoms with Crippen LogP contribution in [0.15, 0.2) is 78.8 Å². The van der Waals surface area contributed by atoms with Gasteiger partial charge in [0.05, 0.1) is 51.9 Å². The van der Waals surface area contributed by atoms with Crippen LogP contribution in [0.4, 0.5) is 34.4 Å². The quantitative estimate of drug-likeness (QED) is 0.114. The van der Waals surface area contributed by atoms with E-state index in [0.717, 1.165) is 42.2 Å². The molecule has 0 aliphatic heterocycles. The van der Waals surface area contributed by atoms with E-state index in [-0.39, 0.29) is 0 Å². The van der Waals surface area contributed by atoms with Crippen LogP contribution in [0.1, 0.15) is 20.7 Å². The number of nitro groups is 4. The summed E-state index contributed by atoms with van der Waals surface area (Å²) in [7, 11) is 0. The fraction of sp³-hybridized carbons (Fsp3) is 0. The molecule has 0 saturated heterocycles. The number of aromatic nitrogens is 2. The summed E-state index contributed by atoms with van der Waals surface area (Å²) < 4.78 is 3.47. The van der Waals surface area contributed by atoms with Gasteiger partial charge in [-0.25, -0.2) is 19.6 Å². The third-order valence-corrected chi connectivity index (χ3v) is 6.95. The number of hydrogen-bond donors (Lipinski definition) is 4. The normalized spacial score (nSPS) is 9.58. The van der Waals surface area contributed by atoms with Crippen LogP contribution >= 0.6 is 63.7 Å². The molecule has 2 aromatic heterocycles. The summed E-state index contributed by atoms with van der Waals surface area (Å²) in [6, 6.07) is 8.14. The number of halogens is 4. The smallest absolute Gasteiger partial charge is 0.336 e. The van der Waals surface area contributed by atoms with Crippen LogP contribution in [-0.2, 0) is 0 Å². The number of nitro benzene ring substituents is 4. The molecule has 20 nitrogen and oxygen atoms in total. The molecule has 2 aromatic carbocycles. The van der Waals surface area contributed by atoms with Gasteiger partial charge in [-0.05, 0) is 75.9 Å². The number of aromatic carboxylic acids is 2. The van der Waals surface area contributed by atoms with E-state index in [2.05, 4.69) is 73.7 Å². The van der Waals surface area contributed by atoms with Crippen LogP contribution in [0, 0.1) is 40.5 Å². The Bertz CT molecular complexity index is 1610. The molecule has 4 aromatic rings. The van der Waals surface area contributed by atoms with E-state index in [9.17, 15) is 50.0 Å². The third kappa shape index (κ3) is 13.7. The van der Waals surface area contributed by atoms with E-state index >= 15 is 0 Å². The molecule has 2 heterocycles. The van der Waals surface area contributed by atoms with E-state index in [0.29, 0.717) is 23.8 Å². The van der Waals surface area contributed by atoms with Crippen LogP contribution in [0.5, 0.6) is 0 Å². The molecular weight excluding hydrogens is 912 g/mol. The van der Waals surface area contributed by atoms with Gasteiger partial charge < -0.3 is 21.7 Å². The second-order valence-corrected chi connectivity index (χ2v) is 11.7. The predicted molar refractivity (Wildman–Crippen MR) is 182 cm³/mol. The molecule has 0 aliphatic carbocycles. The molecule has 252 valence electrons. The van der Waals surface area contributed by atoms with E-state index in [4.69, 9.17) is 21.7 Å². The molecule has 0 amide bonds. The first-order valence-corrected chi connectivity index (χ1v) is 14.9. The number of pyridine rings is 2. The lowest BCUT2D eigenvalue weighted by Crippen LogP contribution is -2.00. The average Bonchev–Trinajstić information content (AvgIpc) is 3.01. The summed E-state index contributed by atoms with van der Waals surface area (Å²) in [5.74, 6) is -1.89. The van der Waals surface area contributed by atoms with E-state index in [1.54, 1.807) is 12.4 Å². The zero-order valence-corrected chi connectivity index (χ0v) is 29.4. The van der Waals surface area contributed by atoms with Gasteiger partial charge in [0.25, 0.3) is 22.7 Å². The van der Waals surface area contributed by atoms with E-state index < -0.39 is 65.5 Å². The molecule has 4 rings (SSSR count). The first-order chi connectivity index (χ1) is 22.2. The molecule has 0 aliphatic rings. The Morgan fingerprint density at radius 3 is 0.958 bits per heavy atom. The van der Waals surface area contributed by atoms with Gasteiger partial charge >= 0.3 is 11.9 Å². The number of nitrogens with zero attached hydrogens (tertiary/aromatic N) is 6. The van der Waals surface area contributed by atoms with E-state index in [1.165, 1.54) is 0 Å². The maximum atomic E-state index is 10.5. The summed E-state index contributed by atoms with van der Waals surface area (Å²) in [6.45, 7) is 0. The first kappa shape index (κ1) is 40.8. The van der Waals surface area contributed by atoms with Crippen molar-refractivity contribution in [2.45, 2.75) is 0 Å². The lowest BCUT2D eigenvalue weighted by Gasteiger charge is -1.96. The number of carbonyl (C=O) groups is 2. The Labute approximate surface area is 299 Å². The SMILES string of the molecule is Nc1ncc(Br)cc1Br.Nc1ncc(Br)cc1Br.O=C(O)c1cc([N+](=O)[O-])cc([N+](=O)[O-])c1.O=C(O)c1cc([N+](=O)[O-])cc([N+](=O)[O-])c1. The molecule has 0 radical (unpaired) electrons. The lowest BCUT2D eigenvalue weighted by molar-refractivity contribution is -0.394. The highest BCUT2D eigenvalue weighted by Crippen LogP contribution is 2.24. The number of carboxylic acids is 2. The van der Waals surface area contributed by atoms with E-state index in [1.807, 2.05) is 12.1 Å². The minimum Gasteiger partial charge on any atom is -0.478 e. The van der Waals surface area contributed by atoms with Crippen molar-refractivity contribution in [1.82, 2.24) is 9.97 Å². The highest BCUT2D eigenvalue weighted by molar-refractivity contribution is 9.11. The minimum absolute atomic E-state index is 0.490. The molecule has 0 fully saturated rings. The second-order valence-electron chi connectivity index (χ2n) is 8.16. The Kier molecular flexibility index (Phi) is 16.0. The van der Waals surface area contributed by atoms with Crippen molar-refractivity contribution < 1.29 is 39.5 Å². The van der Waals surface area contributed by atoms with Crippen molar-refractivity contribution in [2.75, 3.05) is 11.5 Å². The largest absolute Gasteiger partial charge is 0.478 e. The van der Waals surface area contributed by atoms with Crippen molar-refractivity contribution >= 4 is 110 Å². The third-order valence-electron chi connectivity index (χ3n) is 4.81. The van der Waals surface area contributed by atoms with Gasteiger partial charge in [0.2, 0.25) is 0 Å². The number of benzene rings is 2. The number of non-ortho nitro benzene ring substituents is 4. The van der Waals surface area contributed by atoms with Gasteiger partial charge in [-0.15, -0.1) is 0 Å². The highest BCUT2D eigenvalue weighted by atomic mass is 79.9. The molecule has 0 atom stereocenters. The molecule has 0 spiro atoms. The molecule has 6 N–H and O–H groups in total. The number of carboxylic acid groups (broad SMARTS) is 2. The monoisotopic (exact) mass is 924 g/mol. The molecule has 48 heavy (non-hydrogen) atoms. The summed E-state index contributed by atoms with van der Waals surface area (Å²) in [5.41, 5.74) is 7.35. The summed E-state index contributed by atoms with van der Waals surface area (Å²) >= 11 is 13.0. The maximum Gasteiger partial charge on any atom is 0.336 e. The van der Waals surface area contributed by atoms with Crippen molar-refractivity contribution in [3.63, 3.8) is 0 Å². The summed E-state index contributed by atoms with van der Waals surface area (Å²) in [5, 5.41) is 58.5. The molecule has 0 bridgehead atoms. The maximum absolute atomic E-state index is 10.5. The Morgan fingerprint density at radius 1 is 0.542 bits per heavy atom. The number of anilines is 2. The van der Waals surface area contributed by atoms with Crippen molar-refractivity contribution in [2.24, 2.45) is 0 Å². The van der Waals surface area contributed by atoms with Crippen LogP contribution in [-0.4, -0.2) is 51.8 Å². The van der Waals surface area contributed by atoms with Crippen LogP contribution in [0.25, 0.3) is 0 Å². The fourth-order valence-electron chi connectivity index (χ4n) is 2.71. The molecule has 0 unspecified atom stereocenters. The topological polar surface area (TPSA) is 325 Å². The molecule has 24 heteroatoms. The minimum atomic E-state index is -1.46. The first-order valence-electron chi connectivity index (χ1n) is 11.7. The highest BCUT2D eigenvalue weighted by Gasteiger charge is 2.20. The Balaban J connectivity index is 0.000000329. The van der Waals surface area contributed by atoms with Crippen LogP contribution < -0.4 is 11.5 Å².